The third kappa shape index (κ3) is 3.65. The first-order valence-electron chi connectivity index (χ1n) is 6.56. The second-order valence-electron chi connectivity index (χ2n) is 4.68. The zero-order chi connectivity index (χ0) is 14.7. The number of nitrogens with zero attached hydrogens (tertiary/aromatic N) is 1. The molecule has 1 heterocycles. The minimum atomic E-state index is -0.145. The van der Waals surface area contributed by atoms with Crippen molar-refractivity contribution in [3.8, 4) is 0 Å². The van der Waals surface area contributed by atoms with E-state index in [1.54, 1.807) is 0 Å². The first kappa shape index (κ1) is 14.2. The Morgan fingerprint density at radius 2 is 1.81 bits per heavy atom. The summed E-state index contributed by atoms with van der Waals surface area (Å²) in [6.07, 6.45) is 0.668. The van der Waals surface area contributed by atoms with Crippen molar-refractivity contribution in [2.24, 2.45) is 4.99 Å². The van der Waals surface area contributed by atoms with Crippen LogP contribution in [0.1, 0.15) is 5.56 Å². The molecule has 0 saturated carbocycles. The van der Waals surface area contributed by atoms with Crippen molar-refractivity contribution in [2.45, 2.75) is 11.7 Å². The third-order valence-corrected chi connectivity index (χ3v) is 4.43. The van der Waals surface area contributed by atoms with E-state index in [4.69, 9.17) is 11.6 Å². The number of thioether (sulfide) groups is 1. The van der Waals surface area contributed by atoms with Crippen LogP contribution in [0, 0.1) is 0 Å². The predicted octanol–water partition coefficient (Wildman–Crippen LogP) is 3.80. The molecule has 3 nitrogen and oxygen atoms in total. The van der Waals surface area contributed by atoms with Crippen molar-refractivity contribution in [1.29, 1.82) is 0 Å². The van der Waals surface area contributed by atoms with Crippen molar-refractivity contribution < 1.29 is 4.79 Å². The van der Waals surface area contributed by atoms with Crippen LogP contribution in [-0.2, 0) is 11.2 Å². The normalized spacial score (nSPS) is 19.8. The molecule has 1 N–H and O–H groups in total. The molecule has 1 saturated heterocycles. The molecular formula is C16H13ClN2OS. The van der Waals surface area contributed by atoms with Gasteiger partial charge in [-0.15, -0.1) is 0 Å². The summed E-state index contributed by atoms with van der Waals surface area (Å²) in [4.78, 5) is 16.4. The molecule has 2 aromatic rings. The smallest absolute Gasteiger partial charge is 0.239 e. The summed E-state index contributed by atoms with van der Waals surface area (Å²) in [6, 6.07) is 17.2. The van der Waals surface area contributed by atoms with Crippen LogP contribution in [-0.4, -0.2) is 16.3 Å². The van der Waals surface area contributed by atoms with Gasteiger partial charge in [0, 0.05) is 5.02 Å². The molecule has 0 radical (unpaired) electrons. The van der Waals surface area contributed by atoms with Gasteiger partial charge in [0.25, 0.3) is 0 Å². The molecule has 1 fully saturated rings. The molecular weight excluding hydrogens is 304 g/mol. The Balaban J connectivity index is 1.70. The maximum atomic E-state index is 12.0. The van der Waals surface area contributed by atoms with Crippen molar-refractivity contribution in [3.05, 3.63) is 65.2 Å². The molecule has 1 atom stereocenters. The molecule has 5 heteroatoms. The lowest BCUT2D eigenvalue weighted by molar-refractivity contribution is -0.118. The number of benzene rings is 2. The highest BCUT2D eigenvalue weighted by atomic mass is 35.5. The first-order chi connectivity index (χ1) is 10.2. The average Bonchev–Trinajstić information content (AvgIpc) is 2.82. The van der Waals surface area contributed by atoms with Gasteiger partial charge in [-0.1, -0.05) is 53.7 Å². The van der Waals surface area contributed by atoms with Crippen molar-refractivity contribution in [1.82, 2.24) is 5.32 Å². The Morgan fingerprint density at radius 1 is 1.10 bits per heavy atom. The van der Waals surface area contributed by atoms with E-state index < -0.39 is 0 Å². The second kappa shape index (κ2) is 6.33. The van der Waals surface area contributed by atoms with Gasteiger partial charge in [-0.2, -0.15) is 0 Å². The van der Waals surface area contributed by atoms with Crippen LogP contribution in [0.3, 0.4) is 0 Å². The summed E-state index contributed by atoms with van der Waals surface area (Å²) in [5.74, 6) is 0.00429. The molecule has 3 rings (SSSR count). The second-order valence-corrected chi connectivity index (χ2v) is 6.31. The number of carbonyl (C=O) groups excluding carboxylic acids is 1. The Bertz CT molecular complexity index is 670. The van der Waals surface area contributed by atoms with E-state index in [0.717, 1.165) is 11.3 Å². The fourth-order valence-electron chi connectivity index (χ4n) is 2.05. The molecule has 2 aromatic carbocycles. The fourth-order valence-corrected chi connectivity index (χ4v) is 3.20. The highest BCUT2D eigenvalue weighted by Crippen LogP contribution is 2.26. The van der Waals surface area contributed by atoms with Crippen LogP contribution in [0.5, 0.6) is 0 Å². The number of amidine groups is 1. The highest BCUT2D eigenvalue weighted by molar-refractivity contribution is 8.15. The van der Waals surface area contributed by atoms with Gasteiger partial charge in [0.2, 0.25) is 5.91 Å². The summed E-state index contributed by atoms with van der Waals surface area (Å²) in [5, 5.41) is 4.05. The van der Waals surface area contributed by atoms with E-state index in [-0.39, 0.29) is 11.2 Å². The average molecular weight is 317 g/mol. The number of nitrogens with one attached hydrogen (secondary N) is 1. The summed E-state index contributed by atoms with van der Waals surface area (Å²) >= 11 is 7.34. The Kier molecular flexibility index (Phi) is 4.27. The topological polar surface area (TPSA) is 41.5 Å². The zero-order valence-electron chi connectivity index (χ0n) is 11.1. The molecule has 0 aliphatic carbocycles. The van der Waals surface area contributed by atoms with Crippen LogP contribution < -0.4 is 5.32 Å². The van der Waals surface area contributed by atoms with Crippen LogP contribution in [0.4, 0.5) is 5.69 Å². The lowest BCUT2D eigenvalue weighted by Gasteiger charge is -2.05. The first-order valence-corrected chi connectivity index (χ1v) is 7.82. The monoisotopic (exact) mass is 316 g/mol. The quantitative estimate of drug-likeness (QED) is 0.935. The summed E-state index contributed by atoms with van der Waals surface area (Å²) < 4.78 is 0. The van der Waals surface area contributed by atoms with E-state index in [0.29, 0.717) is 16.6 Å². The Morgan fingerprint density at radius 3 is 2.52 bits per heavy atom. The van der Waals surface area contributed by atoms with Crippen molar-refractivity contribution in [3.63, 3.8) is 0 Å². The predicted molar refractivity (Wildman–Crippen MR) is 88.2 cm³/mol. The van der Waals surface area contributed by atoms with Crippen LogP contribution in [0.2, 0.25) is 5.02 Å². The van der Waals surface area contributed by atoms with Gasteiger partial charge in [0.1, 0.15) is 0 Å². The Hall–Kier alpha value is -1.78. The SMILES string of the molecule is O=C1NC(=Nc2ccccc2)S[C@@H]1Cc1ccc(Cl)cc1. The molecule has 0 spiro atoms. The zero-order valence-corrected chi connectivity index (χ0v) is 12.7. The number of aliphatic imine (C=N–C) groups is 1. The largest absolute Gasteiger partial charge is 0.304 e. The van der Waals surface area contributed by atoms with Gasteiger partial charge in [0.15, 0.2) is 5.17 Å². The summed E-state index contributed by atoms with van der Waals surface area (Å²) in [7, 11) is 0. The maximum absolute atomic E-state index is 12.0. The van der Waals surface area contributed by atoms with Crippen LogP contribution in [0.15, 0.2) is 59.6 Å². The number of carbonyl (C=O) groups is 1. The lowest BCUT2D eigenvalue weighted by atomic mass is 10.1. The third-order valence-electron chi connectivity index (χ3n) is 3.10. The molecule has 0 bridgehead atoms. The molecule has 21 heavy (non-hydrogen) atoms. The lowest BCUT2D eigenvalue weighted by Crippen LogP contribution is -2.25. The van der Waals surface area contributed by atoms with E-state index >= 15 is 0 Å². The van der Waals surface area contributed by atoms with Crippen molar-refractivity contribution >= 4 is 40.1 Å². The fraction of sp³-hybridized carbons (Fsp3) is 0.125. The molecule has 1 amide bonds. The number of hydrogen-bond acceptors (Lipinski definition) is 3. The minimum Gasteiger partial charge on any atom is -0.304 e. The van der Waals surface area contributed by atoms with E-state index in [9.17, 15) is 4.79 Å². The highest BCUT2D eigenvalue weighted by Gasteiger charge is 2.30. The molecule has 106 valence electrons. The van der Waals surface area contributed by atoms with E-state index in [1.165, 1.54) is 11.8 Å². The van der Waals surface area contributed by atoms with Gasteiger partial charge in [-0.05, 0) is 36.2 Å². The molecule has 0 unspecified atom stereocenters. The maximum Gasteiger partial charge on any atom is 0.239 e. The standard InChI is InChI=1S/C16H13ClN2OS/c17-12-8-6-11(7-9-12)10-14-15(20)19-16(21-14)18-13-4-2-1-3-5-13/h1-9,14H,10H2,(H,18,19,20)/t14-/m1/s1. The summed E-state index contributed by atoms with van der Waals surface area (Å²) in [6.45, 7) is 0. The number of amides is 1. The number of rotatable bonds is 3. The Labute approximate surface area is 132 Å². The minimum absolute atomic E-state index is 0.00429. The van der Waals surface area contributed by atoms with E-state index in [2.05, 4.69) is 10.3 Å². The number of hydrogen-bond donors (Lipinski definition) is 1. The summed E-state index contributed by atoms with van der Waals surface area (Å²) in [5.41, 5.74) is 1.93. The van der Waals surface area contributed by atoms with Gasteiger partial charge >= 0.3 is 0 Å². The van der Waals surface area contributed by atoms with Gasteiger partial charge in [-0.3, -0.25) is 4.79 Å². The van der Waals surface area contributed by atoms with Gasteiger partial charge in [0.05, 0.1) is 10.9 Å². The van der Waals surface area contributed by atoms with Gasteiger partial charge < -0.3 is 5.32 Å². The number of halogens is 1. The molecule has 0 aromatic heterocycles. The van der Waals surface area contributed by atoms with Crippen LogP contribution in [0.25, 0.3) is 0 Å². The number of para-hydroxylation sites is 1. The molecule has 1 aliphatic heterocycles. The van der Waals surface area contributed by atoms with E-state index in [1.807, 2.05) is 54.6 Å². The van der Waals surface area contributed by atoms with Crippen molar-refractivity contribution in [2.75, 3.05) is 0 Å². The van der Waals surface area contributed by atoms with Crippen LogP contribution >= 0.6 is 23.4 Å². The molecule has 1 aliphatic rings. The van der Waals surface area contributed by atoms with Gasteiger partial charge in [-0.25, -0.2) is 4.99 Å².